The zero-order valence-corrected chi connectivity index (χ0v) is 12.8. The second-order valence-electron chi connectivity index (χ2n) is 6.35. The average molecular weight is 318 g/mol. The van der Waals surface area contributed by atoms with E-state index in [2.05, 4.69) is 0 Å². The number of carbonyl (C=O) groups excluding carboxylic acids is 1. The SMILES string of the molecule is Cc1ccc([N+](=O)[O-])cc1C(=O)N1CC2CCCC2C1C(=O)O. The summed E-state index contributed by atoms with van der Waals surface area (Å²) in [4.78, 5) is 36.2. The van der Waals surface area contributed by atoms with Crippen LogP contribution in [0.15, 0.2) is 18.2 Å². The highest BCUT2D eigenvalue weighted by atomic mass is 16.6. The molecule has 7 nitrogen and oxygen atoms in total. The lowest BCUT2D eigenvalue weighted by atomic mass is 9.94. The van der Waals surface area contributed by atoms with E-state index in [4.69, 9.17) is 0 Å². The molecule has 0 radical (unpaired) electrons. The molecular formula is C16H18N2O5. The molecule has 1 N–H and O–H groups in total. The Bertz CT molecular complexity index is 687. The number of aryl methyl sites for hydroxylation is 1. The van der Waals surface area contributed by atoms with Crippen LogP contribution in [0.2, 0.25) is 0 Å². The summed E-state index contributed by atoms with van der Waals surface area (Å²) in [5.74, 6) is -1.20. The van der Waals surface area contributed by atoms with Crippen LogP contribution in [0.1, 0.15) is 35.2 Å². The molecule has 1 aliphatic heterocycles. The maximum absolute atomic E-state index is 12.8. The van der Waals surface area contributed by atoms with Crippen LogP contribution < -0.4 is 0 Å². The number of non-ortho nitro benzene ring substituents is 1. The molecular weight excluding hydrogens is 300 g/mol. The predicted octanol–water partition coefficient (Wildman–Crippen LogP) is 2.23. The van der Waals surface area contributed by atoms with E-state index in [0.29, 0.717) is 12.1 Å². The van der Waals surface area contributed by atoms with Crippen LogP contribution in [-0.2, 0) is 4.79 Å². The topological polar surface area (TPSA) is 101 Å². The van der Waals surface area contributed by atoms with Crippen LogP contribution in [0, 0.1) is 28.9 Å². The number of hydrogen-bond acceptors (Lipinski definition) is 4. The number of carbonyl (C=O) groups is 2. The standard InChI is InChI=1S/C16H18N2O5/c1-9-5-6-11(18(22)23)7-13(9)15(19)17-8-10-3-2-4-12(10)14(17)16(20)21/h5-7,10,12,14H,2-4,8H2,1H3,(H,20,21). The lowest BCUT2D eigenvalue weighted by Gasteiger charge is -2.25. The molecule has 1 amide bonds. The number of carboxylic acid groups (broad SMARTS) is 1. The maximum Gasteiger partial charge on any atom is 0.326 e. The van der Waals surface area contributed by atoms with Gasteiger partial charge in [0.2, 0.25) is 0 Å². The highest BCUT2D eigenvalue weighted by Crippen LogP contribution is 2.43. The Hall–Kier alpha value is -2.44. The fourth-order valence-corrected chi connectivity index (χ4v) is 3.94. The van der Waals surface area contributed by atoms with Gasteiger partial charge in [0.15, 0.2) is 0 Å². The molecule has 1 saturated heterocycles. The predicted molar refractivity (Wildman–Crippen MR) is 81.1 cm³/mol. The van der Waals surface area contributed by atoms with Gasteiger partial charge in [0.05, 0.1) is 4.92 Å². The van der Waals surface area contributed by atoms with Crippen LogP contribution in [0.25, 0.3) is 0 Å². The molecule has 0 bridgehead atoms. The van der Waals surface area contributed by atoms with Gasteiger partial charge >= 0.3 is 5.97 Å². The molecule has 7 heteroatoms. The molecule has 122 valence electrons. The molecule has 2 fully saturated rings. The molecule has 3 unspecified atom stereocenters. The van der Waals surface area contributed by atoms with Gasteiger partial charge in [-0.15, -0.1) is 0 Å². The molecule has 1 aromatic carbocycles. The average Bonchev–Trinajstić information content (AvgIpc) is 3.06. The largest absolute Gasteiger partial charge is 0.480 e. The van der Waals surface area contributed by atoms with Crippen LogP contribution in [0.3, 0.4) is 0 Å². The molecule has 2 aliphatic rings. The van der Waals surface area contributed by atoms with E-state index in [1.54, 1.807) is 6.92 Å². The maximum atomic E-state index is 12.8. The van der Waals surface area contributed by atoms with E-state index in [9.17, 15) is 24.8 Å². The van der Waals surface area contributed by atoms with Crippen molar-refractivity contribution in [3.63, 3.8) is 0 Å². The van der Waals surface area contributed by atoms with Crippen molar-refractivity contribution in [2.45, 2.75) is 32.2 Å². The van der Waals surface area contributed by atoms with E-state index < -0.39 is 22.8 Å². The summed E-state index contributed by atoms with van der Waals surface area (Å²) in [6.45, 7) is 2.12. The molecule has 1 saturated carbocycles. The Morgan fingerprint density at radius 3 is 2.74 bits per heavy atom. The van der Waals surface area contributed by atoms with Gasteiger partial charge in [-0.25, -0.2) is 4.79 Å². The number of nitro benzene ring substituents is 1. The van der Waals surface area contributed by atoms with Crippen molar-refractivity contribution in [3.8, 4) is 0 Å². The molecule has 0 spiro atoms. The van der Waals surface area contributed by atoms with Gasteiger partial charge in [-0.05, 0) is 37.2 Å². The van der Waals surface area contributed by atoms with Gasteiger partial charge in [0, 0.05) is 24.2 Å². The Kier molecular flexibility index (Phi) is 3.79. The van der Waals surface area contributed by atoms with Crippen molar-refractivity contribution in [2.75, 3.05) is 6.54 Å². The van der Waals surface area contributed by atoms with Crippen LogP contribution in [0.4, 0.5) is 5.69 Å². The van der Waals surface area contributed by atoms with Crippen molar-refractivity contribution < 1.29 is 19.6 Å². The van der Waals surface area contributed by atoms with Crippen LogP contribution in [0.5, 0.6) is 0 Å². The first-order valence-electron chi connectivity index (χ1n) is 7.69. The zero-order chi connectivity index (χ0) is 16.7. The zero-order valence-electron chi connectivity index (χ0n) is 12.8. The number of aliphatic carboxylic acids is 1. The Morgan fingerprint density at radius 1 is 1.35 bits per heavy atom. The molecule has 3 rings (SSSR count). The first-order valence-corrected chi connectivity index (χ1v) is 7.69. The number of carboxylic acids is 1. The smallest absolute Gasteiger partial charge is 0.326 e. The van der Waals surface area contributed by atoms with Gasteiger partial charge in [0.1, 0.15) is 6.04 Å². The Balaban J connectivity index is 1.95. The van der Waals surface area contributed by atoms with Crippen molar-refractivity contribution >= 4 is 17.6 Å². The molecule has 1 heterocycles. The lowest BCUT2D eigenvalue weighted by molar-refractivity contribution is -0.384. The van der Waals surface area contributed by atoms with Crippen molar-refractivity contribution in [1.82, 2.24) is 4.90 Å². The lowest BCUT2D eigenvalue weighted by Crippen LogP contribution is -2.43. The van der Waals surface area contributed by atoms with Crippen LogP contribution >= 0.6 is 0 Å². The fraction of sp³-hybridized carbons (Fsp3) is 0.500. The number of amides is 1. The van der Waals surface area contributed by atoms with E-state index in [1.807, 2.05) is 0 Å². The summed E-state index contributed by atoms with van der Waals surface area (Å²) < 4.78 is 0. The number of rotatable bonds is 3. The first kappa shape index (κ1) is 15.5. The van der Waals surface area contributed by atoms with Crippen molar-refractivity contribution in [3.05, 3.63) is 39.4 Å². The van der Waals surface area contributed by atoms with Gasteiger partial charge in [-0.2, -0.15) is 0 Å². The summed E-state index contributed by atoms with van der Waals surface area (Å²) in [7, 11) is 0. The van der Waals surface area contributed by atoms with Crippen molar-refractivity contribution in [1.29, 1.82) is 0 Å². The van der Waals surface area contributed by atoms with Crippen LogP contribution in [-0.4, -0.2) is 39.4 Å². The molecule has 1 aromatic rings. The third kappa shape index (κ3) is 2.56. The molecule has 23 heavy (non-hydrogen) atoms. The van der Waals surface area contributed by atoms with Gasteiger partial charge in [0.25, 0.3) is 11.6 Å². The third-order valence-corrected chi connectivity index (χ3v) is 5.07. The Morgan fingerprint density at radius 2 is 2.09 bits per heavy atom. The van der Waals surface area contributed by atoms with Gasteiger partial charge < -0.3 is 10.0 Å². The minimum atomic E-state index is -0.990. The first-order chi connectivity index (χ1) is 10.9. The molecule has 1 aliphatic carbocycles. The highest BCUT2D eigenvalue weighted by Gasteiger charge is 2.49. The summed E-state index contributed by atoms with van der Waals surface area (Å²) in [5, 5.41) is 20.5. The minimum absolute atomic E-state index is 0.00421. The number of fused-ring (bicyclic) bond motifs is 1. The molecule has 0 aromatic heterocycles. The monoisotopic (exact) mass is 318 g/mol. The number of benzene rings is 1. The third-order valence-electron chi connectivity index (χ3n) is 5.07. The second kappa shape index (κ2) is 5.64. The number of nitro groups is 1. The number of hydrogen-bond donors (Lipinski definition) is 1. The van der Waals surface area contributed by atoms with Gasteiger partial charge in [-0.1, -0.05) is 12.5 Å². The fourth-order valence-electron chi connectivity index (χ4n) is 3.94. The van der Waals surface area contributed by atoms with Crippen molar-refractivity contribution in [2.24, 2.45) is 11.8 Å². The van der Waals surface area contributed by atoms with E-state index in [0.717, 1.165) is 19.3 Å². The summed E-state index contributed by atoms with van der Waals surface area (Å²) in [6.07, 6.45) is 2.75. The van der Waals surface area contributed by atoms with E-state index in [-0.39, 0.29) is 23.1 Å². The number of nitrogens with zero attached hydrogens (tertiary/aromatic N) is 2. The Labute approximate surface area is 133 Å². The number of likely N-dealkylation sites (tertiary alicyclic amines) is 1. The minimum Gasteiger partial charge on any atom is -0.480 e. The second-order valence-corrected chi connectivity index (χ2v) is 6.35. The molecule has 3 atom stereocenters. The normalized spacial score (nSPS) is 26.1. The summed E-state index contributed by atoms with van der Waals surface area (Å²) in [6, 6.07) is 3.29. The quantitative estimate of drug-likeness (QED) is 0.680. The summed E-state index contributed by atoms with van der Waals surface area (Å²) >= 11 is 0. The van der Waals surface area contributed by atoms with Gasteiger partial charge in [-0.3, -0.25) is 14.9 Å². The van der Waals surface area contributed by atoms with E-state index in [1.165, 1.54) is 23.1 Å². The highest BCUT2D eigenvalue weighted by molar-refractivity contribution is 5.98. The summed E-state index contributed by atoms with van der Waals surface area (Å²) in [5.41, 5.74) is 0.664. The van der Waals surface area contributed by atoms with E-state index >= 15 is 0 Å².